The Morgan fingerprint density at radius 3 is 2.59 bits per heavy atom. The number of sulfonamides is 1. The number of aromatic nitrogens is 2. The average Bonchev–Trinajstić information content (AvgIpc) is 3.27. The van der Waals surface area contributed by atoms with E-state index in [9.17, 15) is 18.0 Å². The molecule has 0 saturated carbocycles. The van der Waals surface area contributed by atoms with E-state index >= 15 is 0 Å². The van der Waals surface area contributed by atoms with Crippen LogP contribution < -0.4 is 15.0 Å². The minimum atomic E-state index is -3.81. The van der Waals surface area contributed by atoms with Crippen molar-refractivity contribution in [3.05, 3.63) is 35.7 Å². The number of ether oxygens (including phenoxy) is 1. The van der Waals surface area contributed by atoms with Gasteiger partial charge < -0.3 is 14.7 Å². The highest BCUT2D eigenvalue weighted by molar-refractivity contribution is 7.89. The Morgan fingerprint density at radius 1 is 1.22 bits per heavy atom. The molecule has 2 aliphatic heterocycles. The number of carboxylic acids is 1. The number of amides is 1. The number of aliphatic carboxylic acids is 1. The topological polar surface area (TPSA) is 136 Å². The summed E-state index contributed by atoms with van der Waals surface area (Å²) in [7, 11) is -2.06. The summed E-state index contributed by atoms with van der Waals surface area (Å²) in [5, 5.41) is 17.6. The van der Waals surface area contributed by atoms with Crippen LogP contribution in [0.4, 0.5) is 5.69 Å². The van der Waals surface area contributed by atoms with E-state index in [0.717, 1.165) is 6.42 Å². The summed E-state index contributed by atoms with van der Waals surface area (Å²) in [4.78, 5) is 25.9. The summed E-state index contributed by atoms with van der Waals surface area (Å²) in [5.41, 5.74) is 1.45. The second kappa shape index (κ2) is 11.1. The lowest BCUT2D eigenvalue weighted by molar-refractivity contribution is -0.137. The first-order valence-corrected chi connectivity index (χ1v) is 14.1. The van der Waals surface area contributed by atoms with E-state index in [1.807, 2.05) is 18.7 Å². The van der Waals surface area contributed by atoms with Gasteiger partial charge in [0, 0.05) is 44.9 Å². The lowest BCUT2D eigenvalue weighted by atomic mass is 9.93. The fourth-order valence-electron chi connectivity index (χ4n) is 5.02. The molecule has 12 heteroatoms. The third kappa shape index (κ3) is 5.59. The van der Waals surface area contributed by atoms with Gasteiger partial charge in [0.15, 0.2) is 11.9 Å². The van der Waals surface area contributed by atoms with Crippen molar-refractivity contribution in [1.82, 2.24) is 19.4 Å². The Labute approximate surface area is 217 Å². The Hall–Kier alpha value is -3.12. The molecular formula is C25H34N5O6S. The van der Waals surface area contributed by atoms with Gasteiger partial charge in [0.05, 0.1) is 17.2 Å². The van der Waals surface area contributed by atoms with Gasteiger partial charge in [-0.1, -0.05) is 6.92 Å². The summed E-state index contributed by atoms with van der Waals surface area (Å²) < 4.78 is 36.1. The number of aryl methyl sites for hydroxylation is 1. The maximum Gasteiger partial charge on any atom is 0.303 e. The summed E-state index contributed by atoms with van der Waals surface area (Å²) in [6.07, 6.45) is 3.71. The highest BCUT2D eigenvalue weighted by Crippen LogP contribution is 2.39. The van der Waals surface area contributed by atoms with Gasteiger partial charge in [0.25, 0.3) is 5.91 Å². The normalized spacial score (nSPS) is 18.9. The van der Waals surface area contributed by atoms with E-state index in [2.05, 4.69) is 10.4 Å². The molecule has 1 aromatic carbocycles. The maximum atomic E-state index is 13.6. The summed E-state index contributed by atoms with van der Waals surface area (Å²) in [6, 6.07) is 4.74. The number of anilines is 1. The molecule has 1 amide bonds. The third-order valence-electron chi connectivity index (χ3n) is 6.86. The number of nitrogens with zero attached hydrogens (tertiary/aromatic N) is 5. The Morgan fingerprint density at radius 2 is 1.95 bits per heavy atom. The SMILES string of the molecule is CCCN1c2cn(C)nc2C(=O)[N]C1c1cc(S(=O)(=O)N2CCC(CCC(=O)O)CC2)ccc1OCC. The fourth-order valence-corrected chi connectivity index (χ4v) is 6.53. The minimum absolute atomic E-state index is 0.0934. The Bertz CT molecular complexity index is 1250. The minimum Gasteiger partial charge on any atom is -0.493 e. The second-order valence-corrected chi connectivity index (χ2v) is 11.4. The van der Waals surface area contributed by atoms with Crippen molar-refractivity contribution in [3.63, 3.8) is 0 Å². The molecule has 2 aromatic rings. The molecule has 0 aliphatic carbocycles. The number of benzene rings is 1. The van der Waals surface area contributed by atoms with Gasteiger partial charge in [-0.15, -0.1) is 0 Å². The molecular weight excluding hydrogens is 498 g/mol. The molecule has 2 aliphatic rings. The van der Waals surface area contributed by atoms with Crippen molar-refractivity contribution >= 4 is 27.6 Å². The molecule has 1 saturated heterocycles. The lowest BCUT2D eigenvalue weighted by Gasteiger charge is -2.36. The molecule has 1 fully saturated rings. The first kappa shape index (κ1) is 26.9. The molecule has 1 atom stereocenters. The maximum absolute atomic E-state index is 13.6. The van der Waals surface area contributed by atoms with E-state index in [0.29, 0.717) is 62.5 Å². The van der Waals surface area contributed by atoms with Gasteiger partial charge in [0.2, 0.25) is 10.0 Å². The highest BCUT2D eigenvalue weighted by atomic mass is 32.2. The summed E-state index contributed by atoms with van der Waals surface area (Å²) >= 11 is 0. The standard InChI is InChI=1S/C25H34N5O6S/c1-4-12-30-20-16-28(3)27-23(20)25(33)26-24(30)19-15-18(7-8-21(19)36-5-2)37(34,35)29-13-10-17(11-14-29)6-9-22(31)32/h7-8,15-17,24H,4-6,9-14H2,1-3H3,(H,31,32). The van der Waals surface area contributed by atoms with Crippen molar-refractivity contribution in [2.75, 3.05) is 31.1 Å². The van der Waals surface area contributed by atoms with Gasteiger partial charge in [0.1, 0.15) is 5.75 Å². The van der Waals surface area contributed by atoms with E-state index in [-0.39, 0.29) is 22.9 Å². The first-order valence-electron chi connectivity index (χ1n) is 12.7. The molecule has 37 heavy (non-hydrogen) atoms. The van der Waals surface area contributed by atoms with Gasteiger partial charge in [-0.3, -0.25) is 14.3 Å². The van der Waals surface area contributed by atoms with Crippen LogP contribution >= 0.6 is 0 Å². The molecule has 0 spiro atoms. The average molecular weight is 533 g/mol. The van der Waals surface area contributed by atoms with Crippen molar-refractivity contribution in [3.8, 4) is 5.75 Å². The third-order valence-corrected chi connectivity index (χ3v) is 8.75. The molecule has 4 rings (SSSR count). The molecule has 201 valence electrons. The van der Waals surface area contributed by atoms with Crippen molar-refractivity contribution < 1.29 is 27.9 Å². The summed E-state index contributed by atoms with van der Waals surface area (Å²) in [5.74, 6) is -0.614. The van der Waals surface area contributed by atoms with E-state index in [1.54, 1.807) is 30.1 Å². The van der Waals surface area contributed by atoms with Crippen LogP contribution in [0.1, 0.15) is 68.2 Å². The predicted molar refractivity (Wildman–Crippen MR) is 136 cm³/mol. The van der Waals surface area contributed by atoms with Gasteiger partial charge in [-0.2, -0.15) is 9.40 Å². The quantitative estimate of drug-likeness (QED) is 0.493. The Balaban J connectivity index is 1.65. The molecule has 3 heterocycles. The number of hydrogen-bond acceptors (Lipinski definition) is 7. The molecule has 1 N–H and O–H groups in total. The number of carbonyl (C=O) groups is 2. The van der Waals surface area contributed by atoms with Gasteiger partial charge in [-0.25, -0.2) is 13.7 Å². The Kier molecular flexibility index (Phi) is 8.08. The molecule has 0 bridgehead atoms. The predicted octanol–water partition coefficient (Wildman–Crippen LogP) is 2.76. The van der Waals surface area contributed by atoms with Crippen molar-refractivity contribution in [1.29, 1.82) is 0 Å². The van der Waals surface area contributed by atoms with Crippen LogP contribution in [0.5, 0.6) is 5.75 Å². The highest BCUT2D eigenvalue weighted by Gasteiger charge is 2.38. The molecule has 1 radical (unpaired) electrons. The number of rotatable bonds is 10. The number of carboxylic acid groups (broad SMARTS) is 1. The monoisotopic (exact) mass is 532 g/mol. The largest absolute Gasteiger partial charge is 0.493 e. The van der Waals surface area contributed by atoms with Crippen LogP contribution in [0.3, 0.4) is 0 Å². The summed E-state index contributed by atoms with van der Waals surface area (Å²) in [6.45, 7) is 5.50. The van der Waals surface area contributed by atoms with Crippen LogP contribution in [0.2, 0.25) is 0 Å². The zero-order valence-corrected chi connectivity index (χ0v) is 22.3. The van der Waals surface area contributed by atoms with Crippen LogP contribution in [0, 0.1) is 5.92 Å². The molecule has 1 unspecified atom stereocenters. The molecule has 1 aromatic heterocycles. The lowest BCUT2D eigenvalue weighted by Crippen LogP contribution is -2.43. The molecule has 11 nitrogen and oxygen atoms in total. The van der Waals surface area contributed by atoms with Gasteiger partial charge in [-0.05, 0) is 56.7 Å². The van der Waals surface area contributed by atoms with E-state index < -0.39 is 28.1 Å². The number of piperidine rings is 1. The zero-order chi connectivity index (χ0) is 26.7. The smallest absolute Gasteiger partial charge is 0.303 e. The first-order chi connectivity index (χ1) is 17.6. The van der Waals surface area contributed by atoms with Crippen LogP contribution in [0.25, 0.3) is 0 Å². The van der Waals surface area contributed by atoms with Crippen molar-refractivity contribution in [2.24, 2.45) is 13.0 Å². The fraction of sp³-hybridized carbons (Fsp3) is 0.560. The number of hydrogen-bond donors (Lipinski definition) is 1. The van der Waals surface area contributed by atoms with Crippen LogP contribution in [-0.4, -0.2) is 65.7 Å². The number of carbonyl (C=O) groups excluding carboxylic acids is 1. The zero-order valence-electron chi connectivity index (χ0n) is 21.5. The van der Waals surface area contributed by atoms with Crippen LogP contribution in [0.15, 0.2) is 29.3 Å². The van der Waals surface area contributed by atoms with E-state index in [1.165, 1.54) is 10.4 Å². The van der Waals surface area contributed by atoms with Crippen molar-refractivity contribution in [2.45, 2.75) is 57.0 Å². The van der Waals surface area contributed by atoms with Crippen LogP contribution in [-0.2, 0) is 21.9 Å². The number of fused-ring (bicyclic) bond motifs is 1. The van der Waals surface area contributed by atoms with Gasteiger partial charge >= 0.3 is 5.97 Å². The van der Waals surface area contributed by atoms with E-state index in [4.69, 9.17) is 9.84 Å². The second-order valence-electron chi connectivity index (χ2n) is 9.45.